The Kier molecular flexibility index (Phi) is 5.72. The summed E-state index contributed by atoms with van der Waals surface area (Å²) >= 11 is 0. The van der Waals surface area contributed by atoms with Crippen LogP contribution in [0.15, 0.2) is 83.6 Å². The van der Waals surface area contributed by atoms with E-state index in [1.54, 1.807) is 67.7 Å². The summed E-state index contributed by atoms with van der Waals surface area (Å²) in [7, 11) is 0. The zero-order valence-electron chi connectivity index (χ0n) is 18.4. The molecule has 0 radical (unpaired) electrons. The molecule has 0 bridgehead atoms. The summed E-state index contributed by atoms with van der Waals surface area (Å²) in [6.07, 6.45) is 3.05. The van der Waals surface area contributed by atoms with Gasteiger partial charge in [0, 0.05) is 29.3 Å². The summed E-state index contributed by atoms with van der Waals surface area (Å²) in [6, 6.07) is 17.5. The van der Waals surface area contributed by atoms with E-state index < -0.39 is 5.91 Å². The number of carbonyl (C=O) groups excluding carboxylic acids is 2. The maximum Gasteiger partial charge on any atom is 0.259 e. The lowest BCUT2D eigenvalue weighted by atomic mass is 10.0. The van der Waals surface area contributed by atoms with Crippen molar-refractivity contribution in [2.24, 2.45) is 0 Å². The van der Waals surface area contributed by atoms with Crippen molar-refractivity contribution in [1.29, 1.82) is 0 Å². The number of nitrogens with zero attached hydrogens (tertiary/aromatic N) is 3. The number of benzene rings is 2. The second-order valence-corrected chi connectivity index (χ2v) is 7.74. The molecule has 0 fully saturated rings. The van der Waals surface area contributed by atoms with E-state index in [9.17, 15) is 14.0 Å². The van der Waals surface area contributed by atoms with Crippen LogP contribution >= 0.6 is 0 Å². The Bertz CT molecular complexity index is 1550. The summed E-state index contributed by atoms with van der Waals surface area (Å²) in [6.45, 7) is 1.72. The monoisotopic (exact) mass is 467 g/mol. The highest BCUT2D eigenvalue weighted by molar-refractivity contribution is 6.13. The van der Waals surface area contributed by atoms with Gasteiger partial charge in [0.25, 0.3) is 17.5 Å². The van der Waals surface area contributed by atoms with Gasteiger partial charge in [-0.2, -0.15) is 0 Å². The molecule has 9 heteroatoms. The Morgan fingerprint density at radius 3 is 2.37 bits per heavy atom. The number of pyridine rings is 2. The number of halogens is 1. The largest absolute Gasteiger partial charge is 0.335 e. The van der Waals surface area contributed by atoms with Crippen LogP contribution in [0.5, 0.6) is 0 Å². The third-order valence-electron chi connectivity index (χ3n) is 5.30. The van der Waals surface area contributed by atoms with Crippen molar-refractivity contribution in [2.45, 2.75) is 6.92 Å². The van der Waals surface area contributed by atoms with Gasteiger partial charge in [-0.05, 0) is 67.6 Å². The van der Waals surface area contributed by atoms with Crippen LogP contribution in [0.25, 0.3) is 22.4 Å². The fraction of sp³-hybridized carbons (Fsp3) is 0.0385. The van der Waals surface area contributed by atoms with Crippen LogP contribution in [0.1, 0.15) is 26.4 Å². The fourth-order valence-electron chi connectivity index (χ4n) is 3.62. The van der Waals surface area contributed by atoms with Crippen LogP contribution in [0.4, 0.5) is 15.8 Å². The lowest BCUT2D eigenvalue weighted by molar-refractivity contribution is 0.102. The number of carbonyl (C=O) groups is 2. The standard InChI is InChI=1S/C26H18FN5O3/c1-15-23-21(13-22(31-26(23)35-32-15)16-7-9-18(27)10-8-16)25(34)30-20-6-2-5-19(12-20)29-24(33)17-4-3-11-28-14-17/h2-14H,1H3,(H,29,33)(H,30,34). The Labute approximate surface area is 198 Å². The normalized spacial score (nSPS) is 10.8. The van der Waals surface area contributed by atoms with Crippen LogP contribution in [0.3, 0.4) is 0 Å². The van der Waals surface area contributed by atoms with Crippen molar-refractivity contribution in [1.82, 2.24) is 15.1 Å². The molecule has 0 unspecified atom stereocenters. The van der Waals surface area contributed by atoms with Crippen molar-refractivity contribution in [3.63, 3.8) is 0 Å². The van der Waals surface area contributed by atoms with Crippen molar-refractivity contribution in [2.75, 3.05) is 10.6 Å². The Morgan fingerprint density at radius 2 is 1.66 bits per heavy atom. The molecule has 0 atom stereocenters. The molecule has 0 aliphatic rings. The van der Waals surface area contributed by atoms with E-state index in [2.05, 4.69) is 25.8 Å². The van der Waals surface area contributed by atoms with Gasteiger partial charge in [0.15, 0.2) is 0 Å². The second kappa shape index (κ2) is 9.14. The first kappa shape index (κ1) is 21.9. The third kappa shape index (κ3) is 4.60. The molecule has 0 saturated carbocycles. The number of aromatic nitrogens is 3. The minimum atomic E-state index is -0.414. The molecule has 172 valence electrons. The molecule has 3 aromatic heterocycles. The van der Waals surface area contributed by atoms with Gasteiger partial charge in [-0.1, -0.05) is 11.2 Å². The van der Waals surface area contributed by atoms with E-state index in [0.717, 1.165) is 0 Å². The van der Waals surface area contributed by atoms with E-state index in [1.165, 1.54) is 18.3 Å². The first-order valence-electron chi connectivity index (χ1n) is 10.6. The van der Waals surface area contributed by atoms with Gasteiger partial charge in [-0.15, -0.1) is 0 Å². The molecule has 5 aromatic rings. The average Bonchev–Trinajstić information content (AvgIpc) is 3.25. The van der Waals surface area contributed by atoms with Crippen LogP contribution < -0.4 is 10.6 Å². The van der Waals surface area contributed by atoms with Gasteiger partial charge in [0.1, 0.15) is 5.82 Å². The Morgan fingerprint density at radius 1 is 0.914 bits per heavy atom. The van der Waals surface area contributed by atoms with Gasteiger partial charge in [-0.3, -0.25) is 14.6 Å². The number of hydrogen-bond acceptors (Lipinski definition) is 6. The molecule has 2 aromatic carbocycles. The van der Waals surface area contributed by atoms with Crippen molar-refractivity contribution < 1.29 is 18.5 Å². The molecule has 35 heavy (non-hydrogen) atoms. The number of amides is 2. The summed E-state index contributed by atoms with van der Waals surface area (Å²) in [5.41, 5.74) is 3.47. The second-order valence-electron chi connectivity index (χ2n) is 7.74. The lowest BCUT2D eigenvalue weighted by Gasteiger charge is -2.10. The fourth-order valence-corrected chi connectivity index (χ4v) is 3.62. The topological polar surface area (TPSA) is 110 Å². The smallest absolute Gasteiger partial charge is 0.259 e. The number of aryl methyl sites for hydroxylation is 1. The summed E-state index contributed by atoms with van der Waals surface area (Å²) < 4.78 is 18.7. The SMILES string of the molecule is Cc1noc2nc(-c3ccc(F)cc3)cc(C(=O)Nc3cccc(NC(=O)c4cccnc4)c3)c12. The molecule has 0 aliphatic carbocycles. The Balaban J connectivity index is 1.44. The van der Waals surface area contributed by atoms with E-state index in [1.807, 2.05) is 0 Å². The number of hydrogen-bond donors (Lipinski definition) is 2. The molecular formula is C26H18FN5O3. The average molecular weight is 467 g/mol. The molecule has 5 rings (SSSR count). The first-order valence-corrected chi connectivity index (χ1v) is 10.6. The summed E-state index contributed by atoms with van der Waals surface area (Å²) in [5, 5.41) is 10.1. The molecule has 8 nitrogen and oxygen atoms in total. The van der Waals surface area contributed by atoms with E-state index in [4.69, 9.17) is 4.52 Å². The highest BCUT2D eigenvalue weighted by Gasteiger charge is 2.20. The predicted molar refractivity (Wildman–Crippen MR) is 129 cm³/mol. The lowest BCUT2D eigenvalue weighted by Crippen LogP contribution is -2.14. The summed E-state index contributed by atoms with van der Waals surface area (Å²) in [4.78, 5) is 34.1. The maximum atomic E-state index is 13.4. The highest BCUT2D eigenvalue weighted by Crippen LogP contribution is 2.28. The molecule has 2 amide bonds. The zero-order valence-corrected chi connectivity index (χ0v) is 18.4. The number of fused-ring (bicyclic) bond motifs is 1. The van der Waals surface area contributed by atoms with Crippen LogP contribution in [0, 0.1) is 12.7 Å². The zero-order chi connectivity index (χ0) is 24.4. The summed E-state index contributed by atoms with van der Waals surface area (Å²) in [5.74, 6) is -1.11. The maximum absolute atomic E-state index is 13.4. The van der Waals surface area contributed by atoms with Gasteiger partial charge >= 0.3 is 0 Å². The van der Waals surface area contributed by atoms with Crippen LogP contribution in [-0.2, 0) is 0 Å². The minimum Gasteiger partial charge on any atom is -0.335 e. The van der Waals surface area contributed by atoms with E-state index in [0.29, 0.717) is 44.8 Å². The molecule has 0 spiro atoms. The first-order chi connectivity index (χ1) is 17.0. The van der Waals surface area contributed by atoms with Crippen molar-refractivity contribution >= 4 is 34.3 Å². The van der Waals surface area contributed by atoms with Gasteiger partial charge in [0.2, 0.25) is 0 Å². The van der Waals surface area contributed by atoms with E-state index in [-0.39, 0.29) is 17.4 Å². The van der Waals surface area contributed by atoms with Crippen LogP contribution in [-0.4, -0.2) is 26.9 Å². The van der Waals surface area contributed by atoms with Crippen molar-refractivity contribution in [3.8, 4) is 11.3 Å². The van der Waals surface area contributed by atoms with E-state index >= 15 is 0 Å². The number of anilines is 2. The number of nitrogens with one attached hydrogen (secondary N) is 2. The highest BCUT2D eigenvalue weighted by atomic mass is 19.1. The Hall–Kier alpha value is -4.92. The van der Waals surface area contributed by atoms with Gasteiger partial charge in [0.05, 0.1) is 27.9 Å². The minimum absolute atomic E-state index is 0.201. The van der Waals surface area contributed by atoms with Crippen LogP contribution in [0.2, 0.25) is 0 Å². The van der Waals surface area contributed by atoms with Crippen molar-refractivity contribution in [3.05, 3.63) is 102 Å². The molecular weight excluding hydrogens is 449 g/mol. The third-order valence-corrected chi connectivity index (χ3v) is 5.30. The van der Waals surface area contributed by atoms with Gasteiger partial charge < -0.3 is 15.2 Å². The number of rotatable bonds is 5. The molecule has 0 saturated heterocycles. The molecule has 2 N–H and O–H groups in total. The molecule has 3 heterocycles. The predicted octanol–water partition coefficient (Wildman–Crippen LogP) is 5.24. The molecule has 0 aliphatic heterocycles. The quantitative estimate of drug-likeness (QED) is 0.366. The van der Waals surface area contributed by atoms with Gasteiger partial charge in [-0.25, -0.2) is 9.37 Å².